The van der Waals surface area contributed by atoms with E-state index in [2.05, 4.69) is 20.8 Å². The molecule has 8 unspecified atom stereocenters. The standard InChI is InChI=1S/C25H42O4/c1-15(5-8-23(28)29-4)18-6-7-19-17-14-22(27)21-13-16(26)9-11-25(21,3)20(17)10-12-24(18,19)2/h15-22,26-27H,5-14H2,1-4H3/t15?,16-,17?,18?,19?,20?,21?,22+,24?,25?/m1/s1. The largest absolute Gasteiger partial charge is 0.469 e. The molecule has 10 atom stereocenters. The Morgan fingerprint density at radius 3 is 2.41 bits per heavy atom. The molecule has 166 valence electrons. The number of methoxy groups -OCH3 is 1. The highest BCUT2D eigenvalue weighted by atomic mass is 16.5. The average Bonchev–Trinajstić information content (AvgIpc) is 3.05. The molecule has 4 fully saturated rings. The molecule has 4 heteroatoms. The van der Waals surface area contributed by atoms with Crippen molar-refractivity contribution in [1.29, 1.82) is 0 Å². The van der Waals surface area contributed by atoms with Gasteiger partial charge in [-0.05, 0) is 104 Å². The minimum absolute atomic E-state index is 0.0888. The lowest BCUT2D eigenvalue weighted by Crippen LogP contribution is -2.58. The second-order valence-electron chi connectivity index (χ2n) is 11.5. The van der Waals surface area contributed by atoms with Gasteiger partial charge in [0.15, 0.2) is 0 Å². The summed E-state index contributed by atoms with van der Waals surface area (Å²) in [7, 11) is 1.48. The van der Waals surface area contributed by atoms with Crippen molar-refractivity contribution < 1.29 is 19.7 Å². The summed E-state index contributed by atoms with van der Waals surface area (Å²) in [5, 5.41) is 21.3. The molecule has 2 N–H and O–H groups in total. The van der Waals surface area contributed by atoms with E-state index in [1.54, 1.807) is 0 Å². The molecule has 0 aromatic rings. The first-order valence-electron chi connectivity index (χ1n) is 12.1. The maximum Gasteiger partial charge on any atom is 0.305 e. The van der Waals surface area contributed by atoms with Gasteiger partial charge in [-0.2, -0.15) is 0 Å². The third-order valence-corrected chi connectivity index (χ3v) is 10.4. The summed E-state index contributed by atoms with van der Waals surface area (Å²) in [6, 6.07) is 0. The number of hydrogen-bond donors (Lipinski definition) is 2. The van der Waals surface area contributed by atoms with Gasteiger partial charge in [0.1, 0.15) is 0 Å². The van der Waals surface area contributed by atoms with Gasteiger partial charge in [-0.15, -0.1) is 0 Å². The van der Waals surface area contributed by atoms with Crippen LogP contribution in [0.3, 0.4) is 0 Å². The molecular weight excluding hydrogens is 364 g/mol. The zero-order valence-electron chi connectivity index (χ0n) is 18.9. The molecule has 29 heavy (non-hydrogen) atoms. The molecule has 0 amide bonds. The van der Waals surface area contributed by atoms with E-state index in [0.29, 0.717) is 41.4 Å². The smallest absolute Gasteiger partial charge is 0.305 e. The summed E-state index contributed by atoms with van der Waals surface area (Å²) in [6.07, 6.45) is 9.77. The molecule has 4 aliphatic rings. The van der Waals surface area contributed by atoms with Crippen molar-refractivity contribution in [3.05, 3.63) is 0 Å². The van der Waals surface area contributed by atoms with Gasteiger partial charge in [0.05, 0.1) is 19.3 Å². The first-order chi connectivity index (χ1) is 13.7. The maximum atomic E-state index is 11.6. The average molecular weight is 407 g/mol. The Morgan fingerprint density at radius 1 is 1.00 bits per heavy atom. The van der Waals surface area contributed by atoms with Crippen LogP contribution in [0.2, 0.25) is 0 Å². The summed E-state index contributed by atoms with van der Waals surface area (Å²) >= 11 is 0. The molecule has 0 aromatic carbocycles. The molecule has 4 nitrogen and oxygen atoms in total. The predicted octanol–water partition coefficient (Wildman–Crippen LogP) is 4.57. The predicted molar refractivity (Wildman–Crippen MR) is 113 cm³/mol. The van der Waals surface area contributed by atoms with E-state index >= 15 is 0 Å². The summed E-state index contributed by atoms with van der Waals surface area (Å²) in [5.41, 5.74) is 0.533. The summed E-state index contributed by atoms with van der Waals surface area (Å²) < 4.78 is 4.86. The van der Waals surface area contributed by atoms with Gasteiger partial charge in [0, 0.05) is 6.42 Å². The van der Waals surface area contributed by atoms with Crippen molar-refractivity contribution >= 4 is 5.97 Å². The van der Waals surface area contributed by atoms with E-state index in [0.717, 1.165) is 32.1 Å². The van der Waals surface area contributed by atoms with Crippen molar-refractivity contribution in [2.75, 3.05) is 7.11 Å². The third-order valence-electron chi connectivity index (χ3n) is 10.4. The second kappa shape index (κ2) is 7.82. The van der Waals surface area contributed by atoms with Crippen molar-refractivity contribution in [2.24, 2.45) is 46.3 Å². The minimum atomic E-state index is -0.255. The normalized spacial score (nSPS) is 50.2. The van der Waals surface area contributed by atoms with E-state index in [9.17, 15) is 15.0 Å². The Labute approximate surface area is 176 Å². The number of esters is 1. The van der Waals surface area contributed by atoms with Crippen molar-refractivity contribution in [2.45, 2.75) is 97.2 Å². The Hall–Kier alpha value is -0.610. The van der Waals surface area contributed by atoms with Crippen LogP contribution in [0, 0.1) is 46.3 Å². The molecule has 4 rings (SSSR count). The van der Waals surface area contributed by atoms with Gasteiger partial charge in [0.25, 0.3) is 0 Å². The lowest BCUT2D eigenvalue weighted by atomic mass is 9.44. The molecular formula is C25H42O4. The minimum Gasteiger partial charge on any atom is -0.469 e. The highest BCUT2D eigenvalue weighted by Gasteiger charge is 2.62. The zero-order chi connectivity index (χ0) is 21.0. The Morgan fingerprint density at radius 2 is 1.69 bits per heavy atom. The van der Waals surface area contributed by atoms with Crippen LogP contribution >= 0.6 is 0 Å². The number of rotatable bonds is 4. The van der Waals surface area contributed by atoms with Crippen molar-refractivity contribution in [3.63, 3.8) is 0 Å². The molecule has 0 aliphatic heterocycles. The number of aliphatic hydroxyl groups excluding tert-OH is 2. The molecule has 4 saturated carbocycles. The highest BCUT2D eigenvalue weighted by molar-refractivity contribution is 5.69. The van der Waals surface area contributed by atoms with E-state index in [-0.39, 0.29) is 29.5 Å². The van der Waals surface area contributed by atoms with Gasteiger partial charge in [-0.25, -0.2) is 0 Å². The van der Waals surface area contributed by atoms with Crippen LogP contribution in [0.1, 0.15) is 85.0 Å². The first-order valence-corrected chi connectivity index (χ1v) is 12.1. The number of ether oxygens (including phenoxy) is 1. The van der Waals surface area contributed by atoms with Crippen LogP contribution in [-0.4, -0.2) is 35.5 Å². The third kappa shape index (κ3) is 3.46. The SMILES string of the molecule is COC(=O)CCC(C)C1CCC2C3C[C@H](O)C4C[C@H](O)CCC4(C)C3CCC12C. The quantitative estimate of drug-likeness (QED) is 0.671. The van der Waals surface area contributed by atoms with Crippen LogP contribution in [0.25, 0.3) is 0 Å². The number of carbonyl (C=O) groups is 1. The molecule has 4 aliphatic carbocycles. The number of fused-ring (bicyclic) bond motifs is 5. The fourth-order valence-corrected chi connectivity index (χ4v) is 8.90. The lowest BCUT2D eigenvalue weighted by molar-refractivity contribution is -0.172. The fourth-order valence-electron chi connectivity index (χ4n) is 8.90. The van der Waals surface area contributed by atoms with Crippen LogP contribution in [0.5, 0.6) is 0 Å². The number of hydrogen-bond acceptors (Lipinski definition) is 4. The van der Waals surface area contributed by atoms with E-state index in [4.69, 9.17) is 4.74 Å². The first kappa shape index (κ1) is 21.6. The van der Waals surface area contributed by atoms with Crippen molar-refractivity contribution in [3.8, 4) is 0 Å². The summed E-state index contributed by atoms with van der Waals surface area (Å²) in [4.78, 5) is 11.6. The summed E-state index contributed by atoms with van der Waals surface area (Å²) in [6.45, 7) is 7.28. The molecule has 0 aromatic heterocycles. The molecule has 0 spiro atoms. The van der Waals surface area contributed by atoms with Gasteiger partial charge in [-0.1, -0.05) is 20.8 Å². The number of carbonyl (C=O) groups excluding carboxylic acids is 1. The van der Waals surface area contributed by atoms with E-state index in [1.807, 2.05) is 0 Å². The monoisotopic (exact) mass is 406 g/mol. The number of aliphatic hydroxyl groups is 2. The van der Waals surface area contributed by atoms with Gasteiger partial charge >= 0.3 is 5.97 Å². The zero-order valence-corrected chi connectivity index (χ0v) is 18.9. The van der Waals surface area contributed by atoms with Gasteiger partial charge in [-0.3, -0.25) is 4.79 Å². The molecule has 0 saturated heterocycles. The fraction of sp³-hybridized carbons (Fsp3) is 0.960. The van der Waals surface area contributed by atoms with Crippen LogP contribution in [0.4, 0.5) is 0 Å². The Bertz CT molecular complexity index is 620. The Kier molecular flexibility index (Phi) is 5.83. The Balaban J connectivity index is 1.52. The van der Waals surface area contributed by atoms with Crippen LogP contribution < -0.4 is 0 Å². The van der Waals surface area contributed by atoms with E-state index < -0.39 is 0 Å². The topological polar surface area (TPSA) is 66.8 Å². The van der Waals surface area contributed by atoms with Gasteiger partial charge in [0.2, 0.25) is 0 Å². The molecule has 0 heterocycles. The van der Waals surface area contributed by atoms with Crippen LogP contribution in [0.15, 0.2) is 0 Å². The lowest BCUT2D eigenvalue weighted by Gasteiger charge is -2.62. The van der Waals surface area contributed by atoms with Gasteiger partial charge < -0.3 is 14.9 Å². The maximum absolute atomic E-state index is 11.6. The summed E-state index contributed by atoms with van der Waals surface area (Å²) in [5.74, 6) is 3.42. The van der Waals surface area contributed by atoms with Crippen LogP contribution in [-0.2, 0) is 9.53 Å². The second-order valence-corrected chi connectivity index (χ2v) is 11.5. The highest BCUT2D eigenvalue weighted by Crippen LogP contribution is 2.68. The molecule has 0 bridgehead atoms. The van der Waals surface area contributed by atoms with E-state index in [1.165, 1.54) is 32.8 Å². The molecule has 0 radical (unpaired) electrons. The van der Waals surface area contributed by atoms with Crippen molar-refractivity contribution in [1.82, 2.24) is 0 Å².